The highest BCUT2D eigenvalue weighted by atomic mass is 19.2. The number of benzene rings is 1. The quantitative estimate of drug-likeness (QED) is 0.675. The van der Waals surface area contributed by atoms with Crippen LogP contribution in [0.4, 0.5) is 23.7 Å². The molecule has 0 spiro atoms. The maximum Gasteiger partial charge on any atom is 0.319 e. The van der Waals surface area contributed by atoms with E-state index in [0.717, 1.165) is 12.8 Å². The van der Waals surface area contributed by atoms with Crippen molar-refractivity contribution >= 4 is 11.7 Å². The minimum atomic E-state index is -1.58. The number of halogens is 3. The van der Waals surface area contributed by atoms with Gasteiger partial charge in [0.15, 0.2) is 17.5 Å². The molecular formula is C15H21F3N2O2. The number of aliphatic hydroxyl groups excluding tert-OH is 1. The Bertz CT molecular complexity index is 497. The molecule has 0 aromatic heterocycles. The molecule has 3 N–H and O–H groups in total. The fourth-order valence-electron chi connectivity index (χ4n) is 2.25. The molecule has 0 heterocycles. The van der Waals surface area contributed by atoms with Crippen LogP contribution in [-0.2, 0) is 0 Å². The molecule has 0 aliphatic carbocycles. The summed E-state index contributed by atoms with van der Waals surface area (Å²) in [7, 11) is 0. The third kappa shape index (κ3) is 4.62. The minimum Gasteiger partial charge on any atom is -0.396 e. The second kappa shape index (κ2) is 8.03. The first-order valence-electron chi connectivity index (χ1n) is 7.17. The van der Waals surface area contributed by atoms with E-state index in [1.165, 1.54) is 0 Å². The van der Waals surface area contributed by atoms with Crippen LogP contribution in [-0.4, -0.2) is 24.3 Å². The summed E-state index contributed by atoms with van der Waals surface area (Å²) in [6.45, 7) is 4.25. The Hall–Kier alpha value is -1.76. The van der Waals surface area contributed by atoms with E-state index in [9.17, 15) is 18.0 Å². The Morgan fingerprint density at radius 1 is 1.18 bits per heavy atom. The van der Waals surface area contributed by atoms with E-state index in [1.807, 2.05) is 13.8 Å². The molecule has 0 aliphatic heterocycles. The number of rotatable bonds is 7. The molecule has 0 saturated heterocycles. The van der Waals surface area contributed by atoms with Crippen molar-refractivity contribution in [1.82, 2.24) is 5.32 Å². The van der Waals surface area contributed by atoms with E-state index in [1.54, 1.807) is 0 Å². The van der Waals surface area contributed by atoms with Crippen LogP contribution in [0, 0.1) is 22.9 Å². The fraction of sp³-hybridized carbons (Fsp3) is 0.533. The number of anilines is 1. The highest BCUT2D eigenvalue weighted by molar-refractivity contribution is 5.89. The van der Waals surface area contributed by atoms with E-state index in [-0.39, 0.29) is 17.7 Å². The maximum atomic E-state index is 13.1. The SMILES string of the molecule is CCC(CC)(CCO)CNC(=O)Nc1cc(F)c(F)c(F)c1. The molecular weight excluding hydrogens is 297 g/mol. The summed E-state index contributed by atoms with van der Waals surface area (Å²) in [6, 6.07) is 0.770. The number of aliphatic hydroxyl groups is 1. The minimum absolute atomic E-state index is 0.0133. The molecule has 0 unspecified atom stereocenters. The van der Waals surface area contributed by atoms with Crippen molar-refractivity contribution in [1.29, 1.82) is 0 Å². The van der Waals surface area contributed by atoms with Crippen molar-refractivity contribution in [3.8, 4) is 0 Å². The molecule has 4 nitrogen and oxygen atoms in total. The van der Waals surface area contributed by atoms with Gasteiger partial charge in [-0.15, -0.1) is 0 Å². The van der Waals surface area contributed by atoms with E-state index in [4.69, 9.17) is 5.11 Å². The Morgan fingerprint density at radius 3 is 2.18 bits per heavy atom. The molecule has 22 heavy (non-hydrogen) atoms. The largest absolute Gasteiger partial charge is 0.396 e. The zero-order valence-corrected chi connectivity index (χ0v) is 12.7. The van der Waals surface area contributed by atoms with Crippen molar-refractivity contribution in [2.24, 2.45) is 5.41 Å². The van der Waals surface area contributed by atoms with Crippen molar-refractivity contribution < 1.29 is 23.1 Å². The molecule has 0 radical (unpaired) electrons. The average molecular weight is 318 g/mol. The summed E-state index contributed by atoms with van der Waals surface area (Å²) < 4.78 is 38.9. The lowest BCUT2D eigenvalue weighted by Gasteiger charge is -2.31. The van der Waals surface area contributed by atoms with Gasteiger partial charge in [-0.25, -0.2) is 18.0 Å². The van der Waals surface area contributed by atoms with Crippen LogP contribution in [0.25, 0.3) is 0 Å². The zero-order valence-electron chi connectivity index (χ0n) is 12.7. The highest BCUT2D eigenvalue weighted by Crippen LogP contribution is 2.29. The van der Waals surface area contributed by atoms with Gasteiger partial charge in [0.25, 0.3) is 0 Å². The molecule has 1 aromatic rings. The Kier molecular flexibility index (Phi) is 6.67. The van der Waals surface area contributed by atoms with Crippen LogP contribution in [0.3, 0.4) is 0 Å². The average Bonchev–Trinajstić information content (AvgIpc) is 2.49. The molecule has 0 bridgehead atoms. The van der Waals surface area contributed by atoms with Crippen LogP contribution in [0.2, 0.25) is 0 Å². The van der Waals surface area contributed by atoms with Gasteiger partial charge in [-0.05, 0) is 24.7 Å². The molecule has 0 fully saturated rings. The normalized spacial score (nSPS) is 11.4. The summed E-state index contributed by atoms with van der Waals surface area (Å²) in [5, 5.41) is 14.0. The number of urea groups is 1. The number of hydrogen-bond donors (Lipinski definition) is 3. The van der Waals surface area contributed by atoms with E-state index in [2.05, 4.69) is 10.6 Å². The molecule has 124 valence electrons. The highest BCUT2D eigenvalue weighted by Gasteiger charge is 2.26. The summed E-state index contributed by atoms with van der Waals surface area (Å²) in [5.74, 6) is -4.32. The fourth-order valence-corrected chi connectivity index (χ4v) is 2.25. The second-order valence-electron chi connectivity index (χ2n) is 5.24. The smallest absolute Gasteiger partial charge is 0.319 e. The third-order valence-corrected chi connectivity index (χ3v) is 4.01. The lowest BCUT2D eigenvalue weighted by molar-refractivity contribution is 0.165. The van der Waals surface area contributed by atoms with Crippen molar-refractivity contribution in [2.45, 2.75) is 33.1 Å². The van der Waals surface area contributed by atoms with Gasteiger partial charge >= 0.3 is 6.03 Å². The zero-order chi connectivity index (χ0) is 16.8. The lowest BCUT2D eigenvalue weighted by Crippen LogP contribution is -2.39. The first kappa shape index (κ1) is 18.3. The van der Waals surface area contributed by atoms with Gasteiger partial charge in [0.1, 0.15) is 0 Å². The van der Waals surface area contributed by atoms with Gasteiger partial charge in [-0.2, -0.15) is 0 Å². The van der Waals surface area contributed by atoms with Gasteiger partial charge in [0.05, 0.1) is 0 Å². The molecule has 0 saturated carbocycles. The molecule has 0 atom stereocenters. The van der Waals surface area contributed by atoms with Crippen LogP contribution in [0.5, 0.6) is 0 Å². The van der Waals surface area contributed by atoms with Gasteiger partial charge < -0.3 is 15.7 Å². The summed E-state index contributed by atoms with van der Waals surface area (Å²) >= 11 is 0. The van der Waals surface area contributed by atoms with Gasteiger partial charge in [0, 0.05) is 31.0 Å². The summed E-state index contributed by atoms with van der Waals surface area (Å²) in [6.07, 6.45) is 2.08. The second-order valence-corrected chi connectivity index (χ2v) is 5.24. The van der Waals surface area contributed by atoms with E-state index in [0.29, 0.717) is 25.1 Å². The van der Waals surface area contributed by atoms with Gasteiger partial charge in [0.2, 0.25) is 0 Å². The first-order chi connectivity index (χ1) is 10.4. The van der Waals surface area contributed by atoms with E-state index >= 15 is 0 Å². The Labute approximate surface area is 127 Å². The predicted octanol–water partition coefficient (Wildman–Crippen LogP) is 3.41. The first-order valence-corrected chi connectivity index (χ1v) is 7.17. The number of carbonyl (C=O) groups is 1. The molecule has 1 rings (SSSR count). The molecule has 1 aromatic carbocycles. The number of hydrogen-bond acceptors (Lipinski definition) is 2. The Morgan fingerprint density at radius 2 is 1.73 bits per heavy atom. The summed E-state index contributed by atoms with van der Waals surface area (Å²) in [5.41, 5.74) is -0.402. The van der Waals surface area contributed by atoms with Crippen LogP contribution >= 0.6 is 0 Å². The topological polar surface area (TPSA) is 61.4 Å². The van der Waals surface area contributed by atoms with E-state index < -0.39 is 23.5 Å². The van der Waals surface area contributed by atoms with Gasteiger partial charge in [-0.3, -0.25) is 0 Å². The van der Waals surface area contributed by atoms with Crippen LogP contribution < -0.4 is 10.6 Å². The molecule has 2 amide bonds. The third-order valence-electron chi connectivity index (χ3n) is 4.01. The number of carbonyl (C=O) groups excluding carboxylic acids is 1. The number of amides is 2. The van der Waals surface area contributed by atoms with Crippen LogP contribution in [0.1, 0.15) is 33.1 Å². The maximum absolute atomic E-state index is 13.1. The van der Waals surface area contributed by atoms with Crippen molar-refractivity contribution in [3.63, 3.8) is 0 Å². The van der Waals surface area contributed by atoms with Crippen LogP contribution in [0.15, 0.2) is 12.1 Å². The van der Waals surface area contributed by atoms with Crippen molar-refractivity contribution in [2.75, 3.05) is 18.5 Å². The molecule has 0 aliphatic rings. The number of nitrogens with one attached hydrogen (secondary N) is 2. The lowest BCUT2D eigenvalue weighted by atomic mass is 9.79. The predicted molar refractivity (Wildman–Crippen MR) is 78.1 cm³/mol. The molecule has 7 heteroatoms. The van der Waals surface area contributed by atoms with Gasteiger partial charge in [-0.1, -0.05) is 13.8 Å². The Balaban J connectivity index is 2.67. The standard InChI is InChI=1S/C15H21F3N2O2/c1-3-15(4-2,5-6-21)9-19-14(22)20-10-7-11(16)13(18)12(17)8-10/h7-8,21H,3-6,9H2,1-2H3,(H2,19,20,22). The van der Waals surface area contributed by atoms with Crippen molar-refractivity contribution in [3.05, 3.63) is 29.6 Å². The summed E-state index contributed by atoms with van der Waals surface area (Å²) in [4.78, 5) is 11.8. The monoisotopic (exact) mass is 318 g/mol.